The molecule has 2 heterocycles. The average Bonchev–Trinajstić information content (AvgIpc) is 2.92. The van der Waals surface area contributed by atoms with Crippen LogP contribution in [0.2, 0.25) is 0 Å². The zero-order chi connectivity index (χ0) is 16.1. The van der Waals surface area contributed by atoms with Crippen LogP contribution in [0.1, 0.15) is 12.8 Å². The molecule has 9 heteroatoms. The number of aliphatic hydroxyl groups excluding tert-OH is 1. The van der Waals surface area contributed by atoms with Crippen LogP contribution < -0.4 is 0 Å². The summed E-state index contributed by atoms with van der Waals surface area (Å²) in [5, 5.41) is 9.82. The molecule has 0 aromatic carbocycles. The van der Waals surface area contributed by atoms with Crippen molar-refractivity contribution in [1.82, 2.24) is 0 Å². The fourth-order valence-corrected chi connectivity index (χ4v) is 4.32. The summed E-state index contributed by atoms with van der Waals surface area (Å²) in [5.41, 5.74) is 0. The summed E-state index contributed by atoms with van der Waals surface area (Å²) in [6.07, 6.45) is -0.375. The monoisotopic (exact) mass is 348 g/mol. The Bertz CT molecular complexity index is 437. The van der Waals surface area contributed by atoms with Crippen LogP contribution in [0.25, 0.3) is 0 Å². The third-order valence-corrected chi connectivity index (χ3v) is 5.70. The number of esters is 4. The molecule has 2 atom stereocenters. The van der Waals surface area contributed by atoms with Crippen LogP contribution in [0.4, 0.5) is 0 Å². The Hall–Kier alpha value is -1.06. The largest absolute Gasteiger partial charge is 0.393 e. The quantitative estimate of drug-likeness (QED) is 0.479. The lowest BCUT2D eigenvalue weighted by molar-refractivity contribution is -0.154. The highest BCUT2D eigenvalue weighted by molar-refractivity contribution is 8.00. The third-order valence-electron chi connectivity index (χ3n) is 3.18. The lowest BCUT2D eigenvalue weighted by atomic mass is 10.1. The number of cyclic esters (lactones) is 4. The molecule has 0 aliphatic carbocycles. The molecule has 0 spiro atoms. The highest BCUT2D eigenvalue weighted by atomic mass is 32.2. The van der Waals surface area contributed by atoms with Crippen molar-refractivity contribution < 1.29 is 33.8 Å². The predicted octanol–water partition coefficient (Wildman–Crippen LogP) is -0.00690. The van der Waals surface area contributed by atoms with Crippen molar-refractivity contribution in [3.63, 3.8) is 0 Å². The van der Waals surface area contributed by atoms with E-state index in [2.05, 4.69) is 9.47 Å². The van der Waals surface area contributed by atoms with Gasteiger partial charge in [-0.1, -0.05) is 0 Å². The lowest BCUT2D eigenvalue weighted by Gasteiger charge is -2.11. The summed E-state index contributed by atoms with van der Waals surface area (Å²) in [5.74, 6) is -1.08. The van der Waals surface area contributed by atoms with E-state index in [1.165, 1.54) is 23.5 Å². The van der Waals surface area contributed by atoms with Gasteiger partial charge in [-0.25, -0.2) is 0 Å². The van der Waals surface area contributed by atoms with Gasteiger partial charge in [0.2, 0.25) is 0 Å². The van der Waals surface area contributed by atoms with Crippen LogP contribution in [-0.2, 0) is 28.7 Å². The van der Waals surface area contributed by atoms with Gasteiger partial charge in [-0.2, -0.15) is 23.5 Å². The van der Waals surface area contributed by atoms with Crippen LogP contribution in [0.3, 0.4) is 0 Å². The topological polar surface area (TPSA) is 107 Å². The second-order valence-corrected chi connectivity index (χ2v) is 7.27. The Morgan fingerprint density at radius 2 is 1.32 bits per heavy atom. The summed E-state index contributed by atoms with van der Waals surface area (Å²) in [7, 11) is 0. The average molecular weight is 348 g/mol. The van der Waals surface area contributed by atoms with Gasteiger partial charge in [0, 0.05) is 23.0 Å². The van der Waals surface area contributed by atoms with E-state index in [1.54, 1.807) is 0 Å². The summed E-state index contributed by atoms with van der Waals surface area (Å²) in [4.78, 5) is 44.3. The minimum absolute atomic E-state index is 0.106. The van der Waals surface area contributed by atoms with E-state index in [-0.39, 0.29) is 12.8 Å². The zero-order valence-electron chi connectivity index (χ0n) is 11.7. The van der Waals surface area contributed by atoms with E-state index >= 15 is 0 Å². The molecule has 1 N–H and O–H groups in total. The van der Waals surface area contributed by atoms with Crippen molar-refractivity contribution in [2.75, 3.05) is 23.0 Å². The molecule has 0 aromatic heterocycles. The van der Waals surface area contributed by atoms with Gasteiger partial charge >= 0.3 is 23.9 Å². The molecule has 0 amide bonds. The molecule has 122 valence electrons. The number of hydrogen-bond acceptors (Lipinski definition) is 9. The number of thioether (sulfide) groups is 2. The Labute approximate surface area is 135 Å². The van der Waals surface area contributed by atoms with Gasteiger partial charge in [-0.05, 0) is 0 Å². The van der Waals surface area contributed by atoms with Crippen molar-refractivity contribution in [2.45, 2.75) is 18.9 Å². The van der Waals surface area contributed by atoms with Gasteiger partial charge in [0.1, 0.15) is 0 Å². The minimum atomic E-state index is -0.587. The standard InChI is InChI=1S/C13H16O7S2/c14-9(5-21-3-7-1-10(15)19-12(7)17)6-22-4-8-2-11(16)20-13(8)18/h7-9,14H,1-6H2. The van der Waals surface area contributed by atoms with Crippen molar-refractivity contribution in [3.05, 3.63) is 0 Å². The van der Waals surface area contributed by atoms with Crippen LogP contribution in [0.5, 0.6) is 0 Å². The van der Waals surface area contributed by atoms with Gasteiger partial charge in [0.15, 0.2) is 0 Å². The fourth-order valence-electron chi connectivity index (χ4n) is 2.04. The molecule has 2 fully saturated rings. The van der Waals surface area contributed by atoms with Gasteiger partial charge in [-0.15, -0.1) is 0 Å². The summed E-state index contributed by atoms with van der Waals surface area (Å²) in [6.45, 7) is 0. The van der Waals surface area contributed by atoms with E-state index in [0.717, 1.165) is 0 Å². The molecule has 0 aromatic rings. The molecule has 7 nitrogen and oxygen atoms in total. The maximum atomic E-state index is 11.2. The van der Waals surface area contributed by atoms with E-state index < -0.39 is 41.8 Å². The van der Waals surface area contributed by atoms with Crippen LogP contribution >= 0.6 is 23.5 Å². The van der Waals surface area contributed by atoms with Gasteiger partial charge < -0.3 is 14.6 Å². The first-order chi connectivity index (χ1) is 10.5. The molecule has 2 aliphatic rings. The maximum Gasteiger partial charge on any atom is 0.318 e. The van der Waals surface area contributed by atoms with E-state index in [9.17, 15) is 24.3 Å². The molecular weight excluding hydrogens is 332 g/mol. The van der Waals surface area contributed by atoms with Crippen molar-refractivity contribution in [1.29, 1.82) is 0 Å². The SMILES string of the molecule is O=C1CC(CSCC(O)CSCC2CC(=O)OC2=O)C(=O)O1. The van der Waals surface area contributed by atoms with E-state index in [1.807, 2.05) is 0 Å². The second-order valence-electron chi connectivity index (χ2n) is 5.12. The highest BCUT2D eigenvalue weighted by Crippen LogP contribution is 2.23. The van der Waals surface area contributed by atoms with Crippen molar-refractivity contribution in [3.8, 4) is 0 Å². The van der Waals surface area contributed by atoms with Crippen LogP contribution in [0, 0.1) is 11.8 Å². The first-order valence-electron chi connectivity index (χ1n) is 6.78. The molecule has 0 saturated carbocycles. The van der Waals surface area contributed by atoms with E-state index in [0.29, 0.717) is 23.0 Å². The molecule has 2 unspecified atom stereocenters. The Balaban J connectivity index is 1.55. The molecule has 0 bridgehead atoms. The summed E-state index contributed by atoms with van der Waals surface area (Å²) < 4.78 is 8.89. The molecule has 2 aliphatic heterocycles. The molecule has 0 radical (unpaired) electrons. The third kappa shape index (κ3) is 4.99. The van der Waals surface area contributed by atoms with Gasteiger partial charge in [0.25, 0.3) is 0 Å². The highest BCUT2D eigenvalue weighted by Gasteiger charge is 2.34. The second kappa shape index (κ2) is 7.98. The van der Waals surface area contributed by atoms with Gasteiger partial charge in [-0.3, -0.25) is 19.2 Å². The van der Waals surface area contributed by atoms with Crippen molar-refractivity contribution >= 4 is 47.4 Å². The Morgan fingerprint density at radius 1 is 0.909 bits per heavy atom. The summed E-state index contributed by atoms with van der Waals surface area (Å²) in [6, 6.07) is 0. The molecule has 2 rings (SSSR count). The number of carbonyl (C=O) groups is 4. The predicted molar refractivity (Wildman–Crippen MR) is 79.1 cm³/mol. The number of aliphatic hydroxyl groups is 1. The number of carbonyl (C=O) groups excluding carboxylic acids is 4. The first-order valence-corrected chi connectivity index (χ1v) is 9.09. The Kier molecular flexibility index (Phi) is 6.27. The number of ether oxygens (including phenoxy) is 2. The zero-order valence-corrected chi connectivity index (χ0v) is 13.3. The van der Waals surface area contributed by atoms with Crippen LogP contribution in [-0.4, -0.2) is 58.1 Å². The minimum Gasteiger partial charge on any atom is -0.393 e. The molecular formula is C13H16O7S2. The fraction of sp³-hybridized carbons (Fsp3) is 0.692. The summed E-state index contributed by atoms with van der Waals surface area (Å²) >= 11 is 2.77. The maximum absolute atomic E-state index is 11.2. The lowest BCUT2D eigenvalue weighted by Crippen LogP contribution is -2.18. The number of rotatable bonds is 8. The van der Waals surface area contributed by atoms with E-state index in [4.69, 9.17) is 0 Å². The van der Waals surface area contributed by atoms with Crippen LogP contribution in [0.15, 0.2) is 0 Å². The Morgan fingerprint density at radius 3 is 1.64 bits per heavy atom. The smallest absolute Gasteiger partial charge is 0.318 e. The molecule has 22 heavy (non-hydrogen) atoms. The first kappa shape index (κ1) is 17.3. The van der Waals surface area contributed by atoms with Gasteiger partial charge in [0.05, 0.1) is 30.8 Å². The number of hydrogen-bond donors (Lipinski definition) is 1. The normalized spacial score (nSPS) is 26.2. The molecule has 2 saturated heterocycles. The van der Waals surface area contributed by atoms with Crippen molar-refractivity contribution in [2.24, 2.45) is 11.8 Å².